The molecule has 0 bridgehead atoms. The largest absolute Gasteiger partial charge is 0.477 e. The molecule has 0 aliphatic rings. The van der Waals surface area contributed by atoms with E-state index in [1.165, 1.54) is 0 Å². The summed E-state index contributed by atoms with van der Waals surface area (Å²) in [7, 11) is -2.94. The van der Waals surface area contributed by atoms with E-state index >= 15 is 0 Å². The number of rotatable bonds is 7. The van der Waals surface area contributed by atoms with E-state index in [0.29, 0.717) is 5.56 Å². The van der Waals surface area contributed by atoms with Crippen LogP contribution in [0.25, 0.3) is 0 Å². The van der Waals surface area contributed by atoms with Gasteiger partial charge in [0.1, 0.15) is 23.2 Å². The fourth-order valence-electron chi connectivity index (χ4n) is 4.34. The maximum absolute atomic E-state index is 13.3. The summed E-state index contributed by atoms with van der Waals surface area (Å²) < 4.78 is 0. The third-order valence-corrected chi connectivity index (χ3v) is 10.8. The van der Waals surface area contributed by atoms with Crippen LogP contribution in [0.5, 0.6) is 0 Å². The first-order valence-electron chi connectivity index (χ1n) is 10.7. The number of amides is 1. The van der Waals surface area contributed by atoms with Crippen molar-refractivity contribution >= 4 is 35.1 Å². The molecule has 0 saturated carbocycles. The van der Waals surface area contributed by atoms with Crippen LogP contribution in [-0.2, 0) is 4.79 Å². The molecule has 2 N–H and O–H groups in total. The first-order valence-corrected chi connectivity index (χ1v) is 12.5. The molecule has 0 heterocycles. The number of hydrogen-bond donors (Lipinski definition) is 2. The number of carboxylic acid groups (broad SMARTS) is 1. The van der Waals surface area contributed by atoms with Gasteiger partial charge in [-0.25, -0.2) is 4.79 Å². The van der Waals surface area contributed by atoms with Crippen LogP contribution >= 0.6 is 7.26 Å². The Morgan fingerprint density at radius 1 is 0.636 bits per heavy atom. The summed E-state index contributed by atoms with van der Waals surface area (Å²) in [4.78, 5) is 26.5. The zero-order valence-electron chi connectivity index (χ0n) is 18.3. The van der Waals surface area contributed by atoms with E-state index in [1.807, 2.05) is 97.1 Å². The molecule has 4 aromatic rings. The Morgan fingerprint density at radius 2 is 0.970 bits per heavy atom. The van der Waals surface area contributed by atoms with E-state index in [2.05, 4.69) is 5.32 Å². The van der Waals surface area contributed by atoms with Crippen LogP contribution in [0, 0.1) is 0 Å². The lowest BCUT2D eigenvalue weighted by Gasteiger charge is -2.39. The van der Waals surface area contributed by atoms with Crippen LogP contribution in [0.15, 0.2) is 121 Å². The van der Waals surface area contributed by atoms with E-state index in [0.717, 1.165) is 15.9 Å². The molecule has 164 valence electrons. The fraction of sp³-hybridized carbons (Fsp3) is 0.0714. The van der Waals surface area contributed by atoms with Crippen molar-refractivity contribution in [2.45, 2.75) is 12.2 Å². The topological polar surface area (TPSA) is 66.4 Å². The van der Waals surface area contributed by atoms with Crippen molar-refractivity contribution in [3.63, 3.8) is 0 Å². The molecule has 0 spiro atoms. The molecule has 0 aromatic heterocycles. The Bertz CT molecular complexity index is 1130. The van der Waals surface area contributed by atoms with E-state index in [9.17, 15) is 14.7 Å². The molecule has 0 radical (unpaired) electrons. The lowest BCUT2D eigenvalue weighted by Crippen LogP contribution is -2.60. The van der Waals surface area contributed by atoms with E-state index in [-0.39, 0.29) is 0 Å². The summed E-state index contributed by atoms with van der Waals surface area (Å²) in [6.45, 7) is 1.64. The predicted octanol–water partition coefficient (Wildman–Crippen LogP) is 4.21. The summed E-state index contributed by atoms with van der Waals surface area (Å²) in [5.74, 6) is -1.51. The highest BCUT2D eigenvalue weighted by molar-refractivity contribution is 7.97. The minimum absolute atomic E-state index is 0.414. The predicted molar refractivity (Wildman–Crippen MR) is 135 cm³/mol. The highest BCUT2D eigenvalue weighted by Gasteiger charge is 2.66. The van der Waals surface area contributed by atoms with Gasteiger partial charge in [-0.2, -0.15) is 0 Å². The molecule has 1 unspecified atom stereocenters. The minimum atomic E-state index is -2.94. The third-order valence-electron chi connectivity index (χ3n) is 5.91. The number of carboxylic acids is 1. The molecule has 0 saturated heterocycles. The van der Waals surface area contributed by atoms with Gasteiger partial charge in [-0.3, -0.25) is 4.79 Å². The van der Waals surface area contributed by atoms with Crippen molar-refractivity contribution in [2.24, 2.45) is 0 Å². The van der Waals surface area contributed by atoms with Gasteiger partial charge in [-0.1, -0.05) is 72.8 Å². The Labute approximate surface area is 194 Å². The summed E-state index contributed by atoms with van der Waals surface area (Å²) >= 11 is 0. The molecule has 0 aliphatic carbocycles. The SMILES string of the molecule is CC(NC(=O)c1ccccc1)(C(=O)O)[P+](c1ccccc1)(c1ccccc1)c1ccccc1. The second kappa shape index (κ2) is 9.40. The zero-order chi connectivity index (χ0) is 23.3. The highest BCUT2D eigenvalue weighted by atomic mass is 31.2. The van der Waals surface area contributed by atoms with Gasteiger partial charge in [0, 0.05) is 12.5 Å². The summed E-state index contributed by atoms with van der Waals surface area (Å²) in [5, 5.41) is 14.7. The molecular formula is C28H25NO3P+. The average Bonchev–Trinajstić information content (AvgIpc) is 2.87. The molecule has 5 heteroatoms. The molecule has 4 aromatic carbocycles. The molecule has 1 amide bonds. The minimum Gasteiger partial charge on any atom is -0.477 e. The first-order chi connectivity index (χ1) is 16.0. The molecule has 1 atom stereocenters. The normalized spacial score (nSPS) is 13.0. The van der Waals surface area contributed by atoms with Crippen LogP contribution < -0.4 is 21.2 Å². The van der Waals surface area contributed by atoms with Crippen molar-refractivity contribution in [1.29, 1.82) is 0 Å². The molecular weight excluding hydrogens is 429 g/mol. The van der Waals surface area contributed by atoms with Gasteiger partial charge in [-0.15, -0.1) is 0 Å². The maximum atomic E-state index is 13.3. The number of benzene rings is 4. The number of carbonyl (C=O) groups is 2. The van der Waals surface area contributed by atoms with Gasteiger partial charge in [0.2, 0.25) is 0 Å². The van der Waals surface area contributed by atoms with Crippen LogP contribution in [0.2, 0.25) is 0 Å². The molecule has 0 aliphatic heterocycles. The Balaban J connectivity index is 2.05. The van der Waals surface area contributed by atoms with Gasteiger partial charge in [0.25, 0.3) is 11.2 Å². The maximum Gasteiger partial charge on any atom is 0.370 e. The average molecular weight is 454 g/mol. The van der Waals surface area contributed by atoms with Crippen molar-refractivity contribution in [1.82, 2.24) is 5.32 Å². The number of aliphatic carboxylic acids is 1. The fourth-order valence-corrected chi connectivity index (χ4v) is 9.20. The number of carbonyl (C=O) groups excluding carboxylic acids is 1. The van der Waals surface area contributed by atoms with Crippen molar-refractivity contribution in [3.05, 3.63) is 127 Å². The molecule has 4 nitrogen and oxygen atoms in total. The van der Waals surface area contributed by atoms with Crippen LogP contribution in [0.4, 0.5) is 0 Å². The van der Waals surface area contributed by atoms with E-state index in [4.69, 9.17) is 0 Å². The van der Waals surface area contributed by atoms with Crippen LogP contribution in [-0.4, -0.2) is 22.3 Å². The zero-order valence-corrected chi connectivity index (χ0v) is 19.2. The summed E-state index contributed by atoms with van der Waals surface area (Å²) in [5.41, 5.74) is 0.414. The monoisotopic (exact) mass is 454 g/mol. The quantitative estimate of drug-likeness (QED) is 0.411. The van der Waals surface area contributed by atoms with Gasteiger partial charge in [0.15, 0.2) is 0 Å². The van der Waals surface area contributed by atoms with Gasteiger partial charge in [0.05, 0.1) is 0 Å². The lowest BCUT2D eigenvalue weighted by molar-refractivity contribution is -0.140. The highest BCUT2D eigenvalue weighted by Crippen LogP contribution is 2.64. The number of nitrogens with one attached hydrogen (secondary N) is 1. The Morgan fingerprint density at radius 3 is 1.30 bits per heavy atom. The first kappa shape index (κ1) is 22.4. The summed E-state index contributed by atoms with van der Waals surface area (Å²) in [6, 6.07) is 37.7. The van der Waals surface area contributed by atoms with Gasteiger partial charge < -0.3 is 10.4 Å². The second-order valence-corrected chi connectivity index (χ2v) is 11.7. The molecule has 33 heavy (non-hydrogen) atoms. The van der Waals surface area contributed by atoms with Crippen LogP contribution in [0.3, 0.4) is 0 Å². The Kier molecular flexibility index (Phi) is 6.39. The van der Waals surface area contributed by atoms with Gasteiger partial charge in [-0.05, 0) is 48.5 Å². The van der Waals surface area contributed by atoms with Gasteiger partial charge >= 0.3 is 5.97 Å². The second-order valence-electron chi connectivity index (χ2n) is 7.87. The summed E-state index contributed by atoms with van der Waals surface area (Å²) in [6.07, 6.45) is 0. The van der Waals surface area contributed by atoms with Crippen molar-refractivity contribution in [2.75, 3.05) is 0 Å². The van der Waals surface area contributed by atoms with E-state index < -0.39 is 24.4 Å². The van der Waals surface area contributed by atoms with Crippen molar-refractivity contribution < 1.29 is 14.7 Å². The Hall–Kier alpha value is -3.75. The third kappa shape index (κ3) is 3.94. The number of hydrogen-bond acceptors (Lipinski definition) is 2. The lowest BCUT2D eigenvalue weighted by atomic mass is 10.2. The van der Waals surface area contributed by atoms with E-state index in [1.54, 1.807) is 31.2 Å². The van der Waals surface area contributed by atoms with Crippen molar-refractivity contribution in [3.8, 4) is 0 Å². The standard InChI is InChI=1S/C28H24NO3P/c1-28(27(31)32,29-26(30)22-14-6-2-7-15-22)33(23-16-8-3-9-17-23,24-18-10-4-11-19-24)25-20-12-5-13-21-25/h2-21H,1H3,(H-,29,30,31,32)/p+1. The van der Waals surface area contributed by atoms with Crippen LogP contribution in [0.1, 0.15) is 17.3 Å². The molecule has 4 rings (SSSR count). The molecule has 0 fully saturated rings. The smallest absolute Gasteiger partial charge is 0.370 e.